The van der Waals surface area contributed by atoms with Crippen molar-refractivity contribution in [3.63, 3.8) is 0 Å². The smallest absolute Gasteiger partial charge is 0.326 e. The monoisotopic (exact) mass is 295 g/mol. The molecule has 2 N–H and O–H groups in total. The quantitative estimate of drug-likeness (QED) is 0.760. The maximum absolute atomic E-state index is 12.1. The number of carboxylic acid groups (broad SMARTS) is 1. The second-order valence-corrected chi connectivity index (χ2v) is 4.98. The molecule has 108 valence electrons. The van der Waals surface area contributed by atoms with Gasteiger partial charge in [-0.05, 0) is 37.5 Å². The first kappa shape index (κ1) is 16.2. The number of hydrogen-bond donors (Lipinski definition) is 2. The molecule has 0 saturated carbocycles. The van der Waals surface area contributed by atoms with Crippen molar-refractivity contribution < 1.29 is 14.7 Å². The molecule has 4 nitrogen and oxygen atoms in total. The number of halogens is 1. The van der Waals surface area contributed by atoms with E-state index in [0.29, 0.717) is 17.9 Å². The first-order chi connectivity index (χ1) is 9.45. The summed E-state index contributed by atoms with van der Waals surface area (Å²) in [6, 6.07) is 6.07. The zero-order valence-corrected chi connectivity index (χ0v) is 12.1. The molecule has 2 unspecified atom stereocenters. The number of hydrogen-bond acceptors (Lipinski definition) is 2. The highest BCUT2D eigenvalue weighted by Gasteiger charge is 2.23. The van der Waals surface area contributed by atoms with E-state index in [9.17, 15) is 9.59 Å². The third-order valence-corrected chi connectivity index (χ3v) is 3.25. The lowest BCUT2D eigenvalue weighted by molar-refractivity contribution is -0.142. The zero-order chi connectivity index (χ0) is 15.1. The van der Waals surface area contributed by atoms with Crippen LogP contribution in [0.5, 0.6) is 0 Å². The average Bonchev–Trinajstić information content (AvgIpc) is 2.42. The molecule has 20 heavy (non-hydrogen) atoms. The Morgan fingerprint density at radius 1 is 1.50 bits per heavy atom. The highest BCUT2D eigenvalue weighted by molar-refractivity contribution is 6.30. The minimum Gasteiger partial charge on any atom is -0.480 e. The molecule has 0 aliphatic heterocycles. The van der Waals surface area contributed by atoms with Crippen LogP contribution in [0.3, 0.4) is 0 Å². The molecular weight excluding hydrogens is 278 g/mol. The van der Waals surface area contributed by atoms with Crippen molar-refractivity contribution in [2.45, 2.75) is 31.7 Å². The lowest BCUT2D eigenvalue weighted by atomic mass is 9.99. The van der Waals surface area contributed by atoms with Crippen molar-refractivity contribution in [3.8, 4) is 0 Å². The topological polar surface area (TPSA) is 66.4 Å². The van der Waals surface area contributed by atoms with Crippen molar-refractivity contribution in [3.05, 3.63) is 47.5 Å². The lowest BCUT2D eigenvalue weighted by Gasteiger charge is -2.17. The number of rotatable bonds is 7. The van der Waals surface area contributed by atoms with Crippen LogP contribution in [0.4, 0.5) is 0 Å². The van der Waals surface area contributed by atoms with Gasteiger partial charge in [0.25, 0.3) is 0 Å². The fraction of sp³-hybridized carbons (Fsp3) is 0.333. The van der Waals surface area contributed by atoms with Gasteiger partial charge in [-0.3, -0.25) is 4.79 Å². The Morgan fingerprint density at radius 2 is 2.20 bits per heavy atom. The molecule has 0 aliphatic carbocycles. The predicted molar refractivity (Wildman–Crippen MR) is 78.9 cm³/mol. The van der Waals surface area contributed by atoms with Gasteiger partial charge in [-0.1, -0.05) is 29.8 Å². The van der Waals surface area contributed by atoms with Crippen molar-refractivity contribution in [2.24, 2.45) is 0 Å². The summed E-state index contributed by atoms with van der Waals surface area (Å²) in [4.78, 5) is 23.2. The molecule has 1 amide bonds. The maximum Gasteiger partial charge on any atom is 0.326 e. The first-order valence-corrected chi connectivity index (χ1v) is 6.73. The Morgan fingerprint density at radius 3 is 2.75 bits per heavy atom. The summed E-state index contributed by atoms with van der Waals surface area (Å²) in [5.41, 5.74) is 0.753. The van der Waals surface area contributed by atoms with Crippen LogP contribution >= 0.6 is 11.6 Å². The Labute approximate surface area is 123 Å². The summed E-state index contributed by atoms with van der Waals surface area (Å²) < 4.78 is 0. The van der Waals surface area contributed by atoms with E-state index in [4.69, 9.17) is 16.7 Å². The van der Waals surface area contributed by atoms with E-state index in [1.165, 1.54) is 0 Å². The first-order valence-electron chi connectivity index (χ1n) is 6.35. The van der Waals surface area contributed by atoms with E-state index in [-0.39, 0.29) is 5.91 Å². The fourth-order valence-corrected chi connectivity index (χ4v) is 1.96. The van der Waals surface area contributed by atoms with Crippen LogP contribution in [0.2, 0.25) is 5.02 Å². The van der Waals surface area contributed by atoms with Crippen molar-refractivity contribution in [2.75, 3.05) is 0 Å². The predicted octanol–water partition coefficient (Wildman–Crippen LogP) is 2.98. The largest absolute Gasteiger partial charge is 0.480 e. The van der Waals surface area contributed by atoms with Gasteiger partial charge in [-0.25, -0.2) is 4.79 Å². The molecule has 0 spiro atoms. The molecule has 0 radical (unpaired) electrons. The number of carbonyl (C=O) groups excluding carboxylic acids is 1. The third-order valence-electron chi connectivity index (χ3n) is 3.02. The summed E-state index contributed by atoms with van der Waals surface area (Å²) >= 11 is 5.88. The summed E-state index contributed by atoms with van der Waals surface area (Å²) in [5.74, 6) is -1.83. The van der Waals surface area contributed by atoms with Crippen LogP contribution < -0.4 is 5.32 Å². The lowest BCUT2D eigenvalue weighted by Crippen LogP contribution is -2.42. The number of carboxylic acids is 1. The molecule has 0 fully saturated rings. The SMILES string of the molecule is C=CCCC(NC(=O)C(C)c1cccc(Cl)c1)C(=O)O. The average molecular weight is 296 g/mol. The number of allylic oxidation sites excluding steroid dienone is 1. The Hall–Kier alpha value is -1.81. The number of aliphatic carboxylic acids is 1. The standard InChI is InChI=1S/C15H18ClNO3/c1-3-4-8-13(15(19)20)17-14(18)10(2)11-6-5-7-12(16)9-11/h3,5-7,9-10,13H,1,4,8H2,2H3,(H,17,18)(H,19,20). The van der Waals surface area contributed by atoms with Gasteiger partial charge in [-0.2, -0.15) is 0 Å². The Bertz CT molecular complexity index is 502. The van der Waals surface area contributed by atoms with E-state index >= 15 is 0 Å². The fourth-order valence-electron chi connectivity index (χ4n) is 1.77. The van der Waals surface area contributed by atoms with Gasteiger partial charge in [0.1, 0.15) is 6.04 Å². The van der Waals surface area contributed by atoms with E-state index < -0.39 is 17.9 Å². The van der Waals surface area contributed by atoms with Crippen LogP contribution in [0.15, 0.2) is 36.9 Å². The molecule has 1 aromatic rings. The molecule has 0 saturated heterocycles. The summed E-state index contributed by atoms with van der Waals surface area (Å²) in [6.45, 7) is 5.26. The molecule has 0 heterocycles. The van der Waals surface area contributed by atoms with Gasteiger partial charge >= 0.3 is 5.97 Å². The number of nitrogens with one attached hydrogen (secondary N) is 1. The van der Waals surface area contributed by atoms with Gasteiger partial charge in [0.15, 0.2) is 0 Å². The third kappa shape index (κ3) is 4.70. The summed E-state index contributed by atoms with van der Waals surface area (Å²) in [7, 11) is 0. The van der Waals surface area contributed by atoms with Crippen LogP contribution in [0, 0.1) is 0 Å². The van der Waals surface area contributed by atoms with Crippen LogP contribution in [-0.2, 0) is 9.59 Å². The minimum absolute atomic E-state index is 0.326. The highest BCUT2D eigenvalue weighted by Crippen LogP contribution is 2.19. The molecular formula is C15H18ClNO3. The van der Waals surface area contributed by atoms with E-state index in [1.54, 1.807) is 37.3 Å². The Balaban J connectivity index is 2.73. The second-order valence-electron chi connectivity index (χ2n) is 4.54. The number of carbonyl (C=O) groups is 2. The normalized spacial score (nSPS) is 13.3. The van der Waals surface area contributed by atoms with Gasteiger partial charge in [0, 0.05) is 5.02 Å². The molecule has 0 bridgehead atoms. The minimum atomic E-state index is -1.04. The van der Waals surface area contributed by atoms with Crippen LogP contribution in [0.1, 0.15) is 31.2 Å². The maximum atomic E-state index is 12.1. The Kier molecular flexibility index (Phi) is 6.25. The van der Waals surface area contributed by atoms with Gasteiger partial charge in [0.2, 0.25) is 5.91 Å². The number of amides is 1. The van der Waals surface area contributed by atoms with Crippen molar-refractivity contribution >= 4 is 23.5 Å². The van der Waals surface area contributed by atoms with Crippen molar-refractivity contribution in [1.82, 2.24) is 5.32 Å². The summed E-state index contributed by atoms with van der Waals surface area (Å²) in [5, 5.41) is 12.2. The molecule has 0 aromatic heterocycles. The summed E-state index contributed by atoms with van der Waals surface area (Å²) in [6.07, 6.45) is 2.48. The molecule has 5 heteroatoms. The molecule has 0 aliphatic rings. The second kappa shape index (κ2) is 7.70. The number of benzene rings is 1. The van der Waals surface area contributed by atoms with Gasteiger partial charge in [-0.15, -0.1) is 6.58 Å². The van der Waals surface area contributed by atoms with Crippen LogP contribution in [0.25, 0.3) is 0 Å². The van der Waals surface area contributed by atoms with Crippen molar-refractivity contribution in [1.29, 1.82) is 0 Å². The van der Waals surface area contributed by atoms with E-state index in [2.05, 4.69) is 11.9 Å². The van der Waals surface area contributed by atoms with Gasteiger partial charge < -0.3 is 10.4 Å². The van der Waals surface area contributed by atoms with Crippen LogP contribution in [-0.4, -0.2) is 23.0 Å². The van der Waals surface area contributed by atoms with Gasteiger partial charge in [0.05, 0.1) is 5.92 Å². The van der Waals surface area contributed by atoms with E-state index in [0.717, 1.165) is 5.56 Å². The molecule has 1 aromatic carbocycles. The highest BCUT2D eigenvalue weighted by atomic mass is 35.5. The molecule has 1 rings (SSSR count). The molecule has 2 atom stereocenters. The zero-order valence-electron chi connectivity index (χ0n) is 11.3. The van der Waals surface area contributed by atoms with E-state index in [1.807, 2.05) is 0 Å².